The van der Waals surface area contributed by atoms with Crippen molar-refractivity contribution in [2.45, 2.75) is 204 Å². The van der Waals surface area contributed by atoms with E-state index < -0.39 is 16.4 Å². The van der Waals surface area contributed by atoms with Crippen molar-refractivity contribution in [3.8, 4) is 0 Å². The molecule has 8 nitrogen and oxygen atoms in total. The summed E-state index contributed by atoms with van der Waals surface area (Å²) in [7, 11) is 4.37. The summed E-state index contributed by atoms with van der Waals surface area (Å²) in [6, 6.07) is 7.21. The summed E-state index contributed by atoms with van der Waals surface area (Å²) in [4.78, 5) is 39.3. The molecule has 10 heteroatoms. The highest BCUT2D eigenvalue weighted by molar-refractivity contribution is 8.76. The van der Waals surface area contributed by atoms with Gasteiger partial charge in [-0.3, -0.25) is 9.69 Å². The maximum Gasteiger partial charge on any atom is 0.339 e. The van der Waals surface area contributed by atoms with Crippen LogP contribution < -0.4 is 5.73 Å². The number of hydrogen-bond acceptors (Lipinski definition) is 10. The lowest BCUT2D eigenvalue weighted by Gasteiger charge is -2.75. The zero-order valence-corrected chi connectivity index (χ0v) is 52.0. The second kappa shape index (κ2) is 17.3. The Morgan fingerprint density at radius 1 is 0.857 bits per heavy atom. The van der Waals surface area contributed by atoms with Gasteiger partial charge in [0, 0.05) is 84.1 Å². The first-order valence-corrected chi connectivity index (χ1v) is 37.8. The number of carbonyl (C=O) groups excluding carboxylic acids is 2. The monoisotopic (exact) mass is 1170 g/mol. The molecule has 21 atom stereocenters. The van der Waals surface area contributed by atoms with E-state index in [0.29, 0.717) is 101 Å². The van der Waals surface area contributed by atoms with Gasteiger partial charge in [-0.15, -0.1) is 0 Å². The molecule has 21 unspecified atom stereocenters. The smallest absolute Gasteiger partial charge is 0.339 e. The fourth-order valence-electron chi connectivity index (χ4n) is 29.4. The van der Waals surface area contributed by atoms with Crippen LogP contribution >= 0.6 is 21.6 Å². The number of allylic oxidation sites excluding steroid dienone is 5. The van der Waals surface area contributed by atoms with Crippen molar-refractivity contribution in [1.29, 1.82) is 0 Å². The average molecular weight is 1170 g/mol. The van der Waals surface area contributed by atoms with E-state index in [4.69, 9.17) is 15.2 Å². The van der Waals surface area contributed by atoms with Gasteiger partial charge in [0.2, 0.25) is 0 Å². The van der Waals surface area contributed by atoms with Crippen LogP contribution in [0.4, 0.5) is 0 Å². The molecule has 12 aliphatic carbocycles. The first-order valence-electron chi connectivity index (χ1n) is 35.3. The molecule has 3 N–H and O–H groups in total. The van der Waals surface area contributed by atoms with Crippen molar-refractivity contribution >= 4 is 33.5 Å². The van der Waals surface area contributed by atoms with Gasteiger partial charge in [0.1, 0.15) is 11.2 Å². The van der Waals surface area contributed by atoms with Crippen molar-refractivity contribution in [3.05, 3.63) is 92.6 Å². The first kappa shape index (κ1) is 51.9. The number of aryl methyl sites for hydroxylation is 1. The molecule has 446 valence electrons. The number of piperidine rings is 2. The van der Waals surface area contributed by atoms with Crippen molar-refractivity contribution in [2.75, 3.05) is 37.7 Å². The number of hydrogen-bond donors (Lipinski definition) is 2. The highest BCUT2D eigenvalue weighted by Crippen LogP contribution is 2.90. The topological polar surface area (TPSA) is 105 Å². The quantitative estimate of drug-likeness (QED) is 0.172. The van der Waals surface area contributed by atoms with Gasteiger partial charge >= 0.3 is 11.9 Å². The van der Waals surface area contributed by atoms with Crippen LogP contribution in [0.25, 0.3) is 0 Å². The van der Waals surface area contributed by atoms with E-state index in [0.717, 1.165) is 67.8 Å². The van der Waals surface area contributed by atoms with E-state index in [9.17, 15) is 5.11 Å². The van der Waals surface area contributed by atoms with Gasteiger partial charge in [0.25, 0.3) is 0 Å². The first-order chi connectivity index (χ1) is 41.0. The normalized spacial score (nSPS) is 51.3. The highest BCUT2D eigenvalue weighted by Gasteiger charge is 2.95. The summed E-state index contributed by atoms with van der Waals surface area (Å²) in [5.74, 6) is 7.13. The second-order valence-corrected chi connectivity index (χ2v) is 35.9. The fourth-order valence-corrected chi connectivity index (χ4v) is 32.2. The Morgan fingerprint density at radius 3 is 2.64 bits per heavy atom. The van der Waals surface area contributed by atoms with Crippen molar-refractivity contribution in [1.82, 2.24) is 9.80 Å². The van der Waals surface area contributed by atoms with Gasteiger partial charge < -0.3 is 25.2 Å². The zero-order valence-electron chi connectivity index (χ0n) is 50.4. The summed E-state index contributed by atoms with van der Waals surface area (Å²) < 4.78 is 15.3. The van der Waals surface area contributed by atoms with Crippen LogP contribution in [0.3, 0.4) is 0 Å². The molecule has 10 fully saturated rings. The summed E-state index contributed by atoms with van der Waals surface area (Å²) in [6.45, 7) is 6.56. The molecular formula is C74H93N3O5S2. The van der Waals surface area contributed by atoms with Gasteiger partial charge in [-0.25, -0.2) is 4.79 Å². The van der Waals surface area contributed by atoms with Crippen molar-refractivity contribution in [2.24, 2.45) is 109 Å². The molecule has 18 bridgehead atoms. The molecule has 7 spiro atoms. The number of nitrogens with two attached hydrogens (primary N) is 1. The predicted molar refractivity (Wildman–Crippen MR) is 330 cm³/mol. The zero-order chi connectivity index (χ0) is 55.7. The number of nitrogens with zero attached hydrogens (tertiary/aromatic N) is 2. The van der Waals surface area contributed by atoms with E-state index in [1.807, 2.05) is 0 Å². The Balaban J connectivity index is 0.877. The number of esters is 2. The average Bonchev–Trinajstić information content (AvgIpc) is 1.27. The molecule has 22 aliphatic rings. The number of benzene rings is 1. The van der Waals surface area contributed by atoms with Crippen LogP contribution in [0.1, 0.15) is 202 Å². The maximum absolute atomic E-state index is 17.3. The van der Waals surface area contributed by atoms with Gasteiger partial charge in [0.15, 0.2) is 11.4 Å². The minimum absolute atomic E-state index is 0.0754. The molecular weight excluding hydrogens is 1070 g/mol. The van der Waals surface area contributed by atoms with Crippen LogP contribution in [0.5, 0.6) is 0 Å². The van der Waals surface area contributed by atoms with Crippen LogP contribution in [0.2, 0.25) is 0 Å². The van der Waals surface area contributed by atoms with E-state index in [-0.39, 0.29) is 52.5 Å². The number of aliphatic hydroxyl groups excluding tert-OH is 1. The Morgan fingerprint density at radius 2 is 1.74 bits per heavy atom. The van der Waals surface area contributed by atoms with E-state index in [1.54, 1.807) is 22.4 Å². The molecule has 0 amide bonds. The van der Waals surface area contributed by atoms with Gasteiger partial charge in [-0.1, -0.05) is 120 Å². The highest BCUT2D eigenvalue weighted by atomic mass is 33.1. The third-order valence-electron chi connectivity index (χ3n) is 31.4. The number of carbonyl (C=O) groups is 2. The van der Waals surface area contributed by atoms with Gasteiger partial charge in [0.05, 0.1) is 11.0 Å². The number of rotatable bonds is 4. The third kappa shape index (κ3) is 5.77. The van der Waals surface area contributed by atoms with Crippen LogP contribution in [0.15, 0.2) is 75.9 Å². The van der Waals surface area contributed by atoms with E-state index >= 15 is 9.59 Å². The second-order valence-electron chi connectivity index (χ2n) is 33.3. The standard InChI is InChI=1S/C74H93N3O5S2/c1-42-28-45-16-17-56-48-29-43-35-76(37-48)59(67-25-18-50-13-7-22-70(50)23-9-24-71(70,41-67)68(40-67)20-4-5-21-68)32-57(78)64-72-26-19-52-61-54-34-69(42,62(52)63(45)77(56)36-43)33-49-39-84-83-38-46-10-2-3-14-51(46)47(30-53(49)54)31-58(73(61,72)66(80)81-64)74(72)55-15-6-11-44(12-8-27-75)60(55)65(79)82-74/h6,11,15,18,25,30,42-43,46-51,54,56,58-59,62,78H,2-5,7-10,12-14,16-17,19-24,26-29,31-41,75H2,1H3. The number of fused-ring (bicyclic) bond motifs is 7. The Bertz CT molecular complexity index is 3300. The SMILES string of the molecule is CC1CC2=C3C4C5=C6C7CC14CC1CSSCC4CCCCC4C(C=C17)CC1C64C(=O)OC(=C(O)CC(C67C=CC8CCCC89CCCC9(C6)C6(CCCC6)C7)N6CC7CC(C6)C(CC2)N3C7)C4(CC5)C12OC(=O)c1c(CCCN)cccc12. The summed E-state index contributed by atoms with van der Waals surface area (Å²) in [6.07, 6.45) is 41.6. The van der Waals surface area contributed by atoms with Gasteiger partial charge in [-0.2, -0.15) is 0 Å². The lowest BCUT2D eigenvalue weighted by Crippen LogP contribution is -2.78. The van der Waals surface area contributed by atoms with Crippen LogP contribution in [-0.4, -0.2) is 76.6 Å². The Hall–Kier alpha value is -2.92. The lowest BCUT2D eigenvalue weighted by molar-refractivity contribution is -0.284. The molecule has 0 radical (unpaired) electrons. The molecule has 1 aromatic rings. The minimum atomic E-state index is -1.17. The molecule has 7 saturated carbocycles. The molecule has 23 rings (SSSR count). The Kier molecular flexibility index (Phi) is 10.7. The number of ether oxygens (including phenoxy) is 2. The molecule has 84 heavy (non-hydrogen) atoms. The van der Waals surface area contributed by atoms with Crippen LogP contribution in [0, 0.1) is 103 Å². The number of aliphatic hydroxyl groups is 1. The third-order valence-corrected chi connectivity index (χ3v) is 34.0. The summed E-state index contributed by atoms with van der Waals surface area (Å²) in [5.41, 5.74) is 15.0. The maximum atomic E-state index is 17.3. The van der Waals surface area contributed by atoms with E-state index in [2.05, 4.69) is 74.7 Å². The Labute approximate surface area is 508 Å². The fraction of sp³-hybridized carbons (Fsp3) is 0.757. The summed E-state index contributed by atoms with van der Waals surface area (Å²) in [5, 5.41) is 14.6. The minimum Gasteiger partial charge on any atom is -0.509 e. The van der Waals surface area contributed by atoms with Crippen LogP contribution in [-0.2, 0) is 26.3 Å². The molecule has 10 heterocycles. The van der Waals surface area contributed by atoms with E-state index in [1.165, 1.54) is 146 Å². The molecule has 3 saturated heterocycles. The van der Waals surface area contributed by atoms with Crippen molar-refractivity contribution in [3.63, 3.8) is 0 Å². The summed E-state index contributed by atoms with van der Waals surface area (Å²) >= 11 is 0. The predicted octanol–water partition coefficient (Wildman–Crippen LogP) is 15.1. The lowest BCUT2D eigenvalue weighted by atomic mass is 9.26. The van der Waals surface area contributed by atoms with Crippen molar-refractivity contribution < 1.29 is 24.2 Å². The largest absolute Gasteiger partial charge is 0.509 e. The van der Waals surface area contributed by atoms with Gasteiger partial charge in [-0.05, 0) is 222 Å². The molecule has 0 aromatic heterocycles. The molecule has 1 aromatic carbocycles. The molecule has 10 aliphatic heterocycles.